The van der Waals surface area contributed by atoms with Crippen LogP contribution in [0.15, 0.2) is 0 Å². The maximum absolute atomic E-state index is 9.25. The molecule has 3 unspecified atom stereocenters. The highest BCUT2D eigenvalue weighted by Gasteiger charge is 2.10. The van der Waals surface area contributed by atoms with E-state index in [0.717, 1.165) is 18.7 Å². The number of nitrogens with one attached hydrogen (secondary N) is 1. The molecular weight excluding hydrogens is 196 g/mol. The molecule has 14 heavy (non-hydrogen) atoms. The summed E-state index contributed by atoms with van der Waals surface area (Å²) in [6.45, 7) is 6.62. The number of rotatable bonds is 7. The standard InChI is InChI=1S/C10H20N2OS/c1-4-12-10(7-11)5-6-14-9(3)8(2)13/h8-10,12-13H,4-6H2,1-3H3. The van der Waals surface area contributed by atoms with Crippen molar-refractivity contribution in [1.82, 2.24) is 5.32 Å². The molecule has 3 atom stereocenters. The van der Waals surface area contributed by atoms with E-state index >= 15 is 0 Å². The van der Waals surface area contributed by atoms with Crippen LogP contribution < -0.4 is 5.32 Å². The van der Waals surface area contributed by atoms with Gasteiger partial charge in [-0.1, -0.05) is 13.8 Å². The van der Waals surface area contributed by atoms with Gasteiger partial charge in [0.05, 0.1) is 18.2 Å². The zero-order valence-corrected chi connectivity index (χ0v) is 9.97. The molecule has 0 heterocycles. The first-order valence-corrected chi connectivity index (χ1v) is 6.09. The topological polar surface area (TPSA) is 56.0 Å². The lowest BCUT2D eigenvalue weighted by molar-refractivity contribution is 0.196. The number of aliphatic hydroxyl groups is 1. The highest BCUT2D eigenvalue weighted by Crippen LogP contribution is 2.15. The minimum Gasteiger partial charge on any atom is -0.392 e. The van der Waals surface area contributed by atoms with Crippen molar-refractivity contribution in [1.29, 1.82) is 5.26 Å². The summed E-state index contributed by atoms with van der Waals surface area (Å²) in [5.74, 6) is 0.914. The Labute approximate surface area is 90.9 Å². The molecule has 0 aromatic rings. The minimum atomic E-state index is -0.278. The van der Waals surface area contributed by atoms with Crippen LogP contribution in [0.3, 0.4) is 0 Å². The van der Waals surface area contributed by atoms with E-state index in [9.17, 15) is 5.11 Å². The van der Waals surface area contributed by atoms with Crippen LogP contribution in [0.1, 0.15) is 27.2 Å². The summed E-state index contributed by atoms with van der Waals surface area (Å²) in [6, 6.07) is 2.17. The van der Waals surface area contributed by atoms with Crippen molar-refractivity contribution in [3.63, 3.8) is 0 Å². The van der Waals surface area contributed by atoms with Crippen molar-refractivity contribution in [3.05, 3.63) is 0 Å². The van der Waals surface area contributed by atoms with Crippen LogP contribution in [-0.4, -0.2) is 34.8 Å². The van der Waals surface area contributed by atoms with Gasteiger partial charge in [-0.2, -0.15) is 17.0 Å². The van der Waals surface area contributed by atoms with Gasteiger partial charge in [-0.25, -0.2) is 0 Å². The molecule has 0 saturated heterocycles. The molecule has 82 valence electrons. The van der Waals surface area contributed by atoms with Gasteiger partial charge in [0.1, 0.15) is 0 Å². The van der Waals surface area contributed by atoms with Crippen molar-refractivity contribution in [2.45, 2.75) is 44.6 Å². The van der Waals surface area contributed by atoms with E-state index < -0.39 is 0 Å². The van der Waals surface area contributed by atoms with Gasteiger partial charge < -0.3 is 10.4 Å². The zero-order chi connectivity index (χ0) is 11.0. The number of hydrogen-bond donors (Lipinski definition) is 2. The Morgan fingerprint density at radius 3 is 2.57 bits per heavy atom. The molecule has 0 radical (unpaired) electrons. The predicted molar refractivity (Wildman–Crippen MR) is 61.3 cm³/mol. The molecule has 4 heteroatoms. The van der Waals surface area contributed by atoms with Crippen LogP contribution in [0.5, 0.6) is 0 Å². The van der Waals surface area contributed by atoms with Crippen LogP contribution in [0.4, 0.5) is 0 Å². The first-order valence-electron chi connectivity index (χ1n) is 5.04. The Bertz CT molecular complexity index is 179. The summed E-state index contributed by atoms with van der Waals surface area (Å²) in [5.41, 5.74) is 0. The number of nitriles is 1. The Balaban J connectivity index is 3.57. The van der Waals surface area contributed by atoms with E-state index in [-0.39, 0.29) is 17.4 Å². The lowest BCUT2D eigenvalue weighted by Gasteiger charge is -2.15. The van der Waals surface area contributed by atoms with Crippen molar-refractivity contribution >= 4 is 11.8 Å². The lowest BCUT2D eigenvalue weighted by atomic mass is 10.2. The van der Waals surface area contributed by atoms with Gasteiger partial charge in [0.2, 0.25) is 0 Å². The molecular formula is C10H20N2OS. The highest BCUT2D eigenvalue weighted by atomic mass is 32.2. The Morgan fingerprint density at radius 1 is 1.50 bits per heavy atom. The molecule has 0 amide bonds. The number of nitrogens with zero attached hydrogens (tertiary/aromatic N) is 1. The zero-order valence-electron chi connectivity index (χ0n) is 9.16. The molecule has 2 N–H and O–H groups in total. The summed E-state index contributed by atoms with van der Waals surface area (Å²) in [5, 5.41) is 21.4. The molecule has 0 rings (SSSR count). The Kier molecular flexibility index (Phi) is 7.96. The van der Waals surface area contributed by atoms with Gasteiger partial charge in [-0.15, -0.1) is 0 Å². The molecule has 0 saturated carbocycles. The predicted octanol–water partition coefficient (Wildman–Crippen LogP) is 1.38. The Morgan fingerprint density at radius 2 is 2.14 bits per heavy atom. The molecule has 0 aliphatic rings. The van der Waals surface area contributed by atoms with Gasteiger partial charge in [0, 0.05) is 5.25 Å². The average Bonchev–Trinajstić information content (AvgIpc) is 2.16. The van der Waals surface area contributed by atoms with Gasteiger partial charge in [0.25, 0.3) is 0 Å². The van der Waals surface area contributed by atoms with Crippen LogP contribution >= 0.6 is 11.8 Å². The van der Waals surface area contributed by atoms with E-state index in [1.54, 1.807) is 18.7 Å². The molecule has 0 aliphatic heterocycles. The molecule has 0 aromatic carbocycles. The molecule has 0 aliphatic carbocycles. The largest absolute Gasteiger partial charge is 0.392 e. The third-order valence-corrected chi connectivity index (χ3v) is 3.46. The van der Waals surface area contributed by atoms with Crippen molar-refractivity contribution in [2.24, 2.45) is 0 Å². The summed E-state index contributed by atoms with van der Waals surface area (Å²) in [6.07, 6.45) is 0.561. The molecule has 0 aromatic heterocycles. The molecule has 0 spiro atoms. The fourth-order valence-corrected chi connectivity index (χ4v) is 1.99. The first-order chi connectivity index (χ1) is 6.61. The fourth-order valence-electron chi connectivity index (χ4n) is 0.970. The van der Waals surface area contributed by atoms with Crippen molar-refractivity contribution < 1.29 is 5.11 Å². The monoisotopic (exact) mass is 216 g/mol. The average molecular weight is 216 g/mol. The summed E-state index contributed by atoms with van der Waals surface area (Å²) < 4.78 is 0. The van der Waals surface area contributed by atoms with E-state index in [0.29, 0.717) is 0 Å². The van der Waals surface area contributed by atoms with Crippen molar-refractivity contribution in [3.8, 4) is 6.07 Å². The van der Waals surface area contributed by atoms with Gasteiger partial charge >= 0.3 is 0 Å². The highest BCUT2D eigenvalue weighted by molar-refractivity contribution is 7.99. The number of thioether (sulfide) groups is 1. The maximum atomic E-state index is 9.25. The second-order valence-electron chi connectivity index (χ2n) is 3.34. The van der Waals surface area contributed by atoms with Crippen LogP contribution in [0.25, 0.3) is 0 Å². The summed E-state index contributed by atoms with van der Waals surface area (Å²) in [4.78, 5) is 0. The molecule has 0 fully saturated rings. The van der Waals surface area contributed by atoms with Gasteiger partial charge in [-0.05, 0) is 25.6 Å². The fraction of sp³-hybridized carbons (Fsp3) is 0.900. The number of hydrogen-bond acceptors (Lipinski definition) is 4. The lowest BCUT2D eigenvalue weighted by Crippen LogP contribution is -2.28. The third kappa shape index (κ3) is 6.25. The van der Waals surface area contributed by atoms with E-state index in [1.165, 1.54) is 0 Å². The van der Waals surface area contributed by atoms with Gasteiger partial charge in [-0.3, -0.25) is 0 Å². The normalized spacial score (nSPS) is 17.1. The maximum Gasteiger partial charge on any atom is 0.0960 e. The number of aliphatic hydroxyl groups excluding tert-OH is 1. The first kappa shape index (κ1) is 13.8. The van der Waals surface area contributed by atoms with E-state index in [1.807, 2.05) is 13.8 Å². The summed E-state index contributed by atoms with van der Waals surface area (Å²) in [7, 11) is 0. The van der Waals surface area contributed by atoms with E-state index in [2.05, 4.69) is 11.4 Å². The Hall–Kier alpha value is -0.240. The summed E-state index contributed by atoms with van der Waals surface area (Å²) >= 11 is 1.71. The third-order valence-electron chi connectivity index (χ3n) is 2.07. The SMILES string of the molecule is CCNC(C#N)CCSC(C)C(C)O. The second-order valence-corrected chi connectivity index (χ2v) is 4.83. The second kappa shape index (κ2) is 8.10. The minimum absolute atomic E-state index is 0.0475. The molecule has 0 bridgehead atoms. The molecule has 3 nitrogen and oxygen atoms in total. The van der Waals surface area contributed by atoms with E-state index in [4.69, 9.17) is 5.26 Å². The quantitative estimate of drug-likeness (QED) is 0.675. The van der Waals surface area contributed by atoms with Gasteiger partial charge in [0.15, 0.2) is 0 Å². The van der Waals surface area contributed by atoms with Crippen LogP contribution in [0.2, 0.25) is 0 Å². The van der Waals surface area contributed by atoms with Crippen LogP contribution in [-0.2, 0) is 0 Å². The van der Waals surface area contributed by atoms with Crippen molar-refractivity contribution in [2.75, 3.05) is 12.3 Å². The smallest absolute Gasteiger partial charge is 0.0960 e. The van der Waals surface area contributed by atoms with Crippen LogP contribution in [0, 0.1) is 11.3 Å².